The number of ether oxygens (including phenoxy) is 3. The smallest absolute Gasteiger partial charge is 0.275 e. The van der Waals surface area contributed by atoms with Crippen LogP contribution in [0.2, 0.25) is 0 Å². The first kappa shape index (κ1) is 17.3. The molecule has 1 aliphatic carbocycles. The predicted molar refractivity (Wildman–Crippen MR) is 96.2 cm³/mol. The van der Waals surface area contributed by atoms with Crippen LogP contribution in [-0.2, 0) is 4.79 Å². The average molecular weight is 344 g/mol. The highest BCUT2D eigenvalue weighted by Crippen LogP contribution is 2.39. The number of nitrogens with zero attached hydrogens (tertiary/aromatic N) is 1. The molecule has 0 radical (unpaired) electrons. The van der Waals surface area contributed by atoms with Crippen LogP contribution >= 0.6 is 0 Å². The Kier molecular flexibility index (Phi) is 5.26. The normalized spacial score (nSPS) is 19.6. The molecule has 0 aromatic heterocycles. The first-order valence-corrected chi connectivity index (χ1v) is 8.58. The molecule has 1 N–H and O–H groups in total. The minimum atomic E-state index is -0.158. The number of carbonyl (C=O) groups excluding carboxylic acids is 1. The lowest BCUT2D eigenvalue weighted by molar-refractivity contribution is -0.115. The predicted octanol–water partition coefficient (Wildman–Crippen LogP) is 3.16. The number of benzene rings is 1. The van der Waals surface area contributed by atoms with Crippen molar-refractivity contribution in [1.82, 2.24) is 5.32 Å². The van der Waals surface area contributed by atoms with Crippen molar-refractivity contribution in [2.24, 2.45) is 10.9 Å². The second kappa shape index (κ2) is 7.59. The van der Waals surface area contributed by atoms with Crippen molar-refractivity contribution in [1.29, 1.82) is 0 Å². The molecule has 2 aliphatic rings. The number of amidine groups is 1. The molecule has 6 nitrogen and oxygen atoms in total. The zero-order chi connectivity index (χ0) is 17.8. The van der Waals surface area contributed by atoms with E-state index in [-0.39, 0.29) is 5.91 Å². The van der Waals surface area contributed by atoms with Gasteiger partial charge in [-0.3, -0.25) is 4.79 Å². The summed E-state index contributed by atoms with van der Waals surface area (Å²) in [6.07, 6.45) is 7.60. The van der Waals surface area contributed by atoms with Gasteiger partial charge in [-0.05, 0) is 36.6 Å². The molecule has 1 saturated carbocycles. The lowest BCUT2D eigenvalue weighted by atomic mass is 9.88. The molecule has 1 aromatic rings. The Balaban J connectivity index is 1.91. The van der Waals surface area contributed by atoms with Crippen LogP contribution in [0.4, 0.5) is 0 Å². The molecule has 6 heteroatoms. The van der Waals surface area contributed by atoms with Gasteiger partial charge in [0.1, 0.15) is 11.5 Å². The molecule has 0 saturated heterocycles. The number of methoxy groups -OCH3 is 3. The summed E-state index contributed by atoms with van der Waals surface area (Å²) in [5.74, 6) is 2.63. The number of nitrogens with one attached hydrogen (secondary N) is 1. The Labute approximate surface area is 147 Å². The maximum Gasteiger partial charge on any atom is 0.275 e. The standard InChI is InChI=1S/C19H24N2O4/c1-23-15-10-12(11-16(24-2)17(15)25-3)9-14-19(22)21-18(20-14)13-7-5-4-6-8-13/h9-11,13H,4-8H2,1-3H3,(H,20,21,22)/b14-9+. The van der Waals surface area contributed by atoms with Gasteiger partial charge in [0.2, 0.25) is 5.75 Å². The summed E-state index contributed by atoms with van der Waals surface area (Å²) in [7, 11) is 4.69. The molecule has 0 unspecified atom stereocenters. The van der Waals surface area contributed by atoms with E-state index in [2.05, 4.69) is 10.3 Å². The fourth-order valence-corrected chi connectivity index (χ4v) is 3.40. The molecule has 1 aromatic carbocycles. The van der Waals surface area contributed by atoms with Crippen LogP contribution in [0.15, 0.2) is 22.8 Å². The highest BCUT2D eigenvalue weighted by Gasteiger charge is 2.27. The Morgan fingerprint density at radius 1 is 1.04 bits per heavy atom. The van der Waals surface area contributed by atoms with Crippen molar-refractivity contribution in [3.8, 4) is 17.2 Å². The van der Waals surface area contributed by atoms with E-state index in [9.17, 15) is 4.79 Å². The fourth-order valence-electron chi connectivity index (χ4n) is 3.40. The number of carbonyl (C=O) groups is 1. The molecule has 1 aliphatic heterocycles. The van der Waals surface area contributed by atoms with Crippen molar-refractivity contribution in [3.05, 3.63) is 23.4 Å². The van der Waals surface area contributed by atoms with Crippen LogP contribution in [0, 0.1) is 5.92 Å². The van der Waals surface area contributed by atoms with Gasteiger partial charge in [0, 0.05) is 5.92 Å². The van der Waals surface area contributed by atoms with Gasteiger partial charge >= 0.3 is 0 Å². The zero-order valence-corrected chi connectivity index (χ0v) is 14.9. The summed E-state index contributed by atoms with van der Waals surface area (Å²) in [5.41, 5.74) is 1.18. The third-order valence-corrected chi connectivity index (χ3v) is 4.70. The second-order valence-corrected chi connectivity index (χ2v) is 6.27. The van der Waals surface area contributed by atoms with Crippen LogP contribution in [0.3, 0.4) is 0 Å². The molecular weight excluding hydrogens is 320 g/mol. The van der Waals surface area contributed by atoms with E-state index in [0.717, 1.165) is 24.2 Å². The van der Waals surface area contributed by atoms with Crippen molar-refractivity contribution in [2.75, 3.05) is 21.3 Å². The van der Waals surface area contributed by atoms with Gasteiger partial charge in [-0.2, -0.15) is 0 Å². The van der Waals surface area contributed by atoms with Crippen LogP contribution in [0.25, 0.3) is 6.08 Å². The van der Waals surface area contributed by atoms with Gasteiger partial charge in [-0.15, -0.1) is 0 Å². The van der Waals surface area contributed by atoms with Gasteiger partial charge in [-0.25, -0.2) is 4.99 Å². The van der Waals surface area contributed by atoms with E-state index < -0.39 is 0 Å². The summed E-state index contributed by atoms with van der Waals surface area (Å²) in [6.45, 7) is 0. The lowest BCUT2D eigenvalue weighted by Gasteiger charge is -2.20. The number of aliphatic imine (C=N–C) groups is 1. The molecule has 25 heavy (non-hydrogen) atoms. The molecule has 1 amide bonds. The molecular formula is C19H24N2O4. The van der Waals surface area contributed by atoms with Crippen LogP contribution in [0.5, 0.6) is 17.2 Å². The van der Waals surface area contributed by atoms with Crippen LogP contribution in [-0.4, -0.2) is 33.1 Å². The second-order valence-electron chi connectivity index (χ2n) is 6.27. The van der Waals surface area contributed by atoms with Crippen molar-refractivity contribution < 1.29 is 19.0 Å². The molecule has 3 rings (SSSR count). The Hall–Kier alpha value is -2.50. The number of amides is 1. The molecule has 134 valence electrons. The first-order valence-electron chi connectivity index (χ1n) is 8.58. The Bertz CT molecular complexity index is 693. The molecule has 0 bridgehead atoms. The summed E-state index contributed by atoms with van der Waals surface area (Å²) >= 11 is 0. The quantitative estimate of drug-likeness (QED) is 0.833. The van der Waals surface area contributed by atoms with Gasteiger partial charge in [0.25, 0.3) is 5.91 Å². The van der Waals surface area contributed by atoms with Gasteiger partial charge in [0.05, 0.1) is 21.3 Å². The van der Waals surface area contributed by atoms with Crippen molar-refractivity contribution >= 4 is 17.8 Å². The first-order chi connectivity index (χ1) is 12.2. The lowest BCUT2D eigenvalue weighted by Crippen LogP contribution is -2.31. The average Bonchev–Trinajstić information content (AvgIpc) is 3.02. The summed E-state index contributed by atoms with van der Waals surface area (Å²) in [5, 5.41) is 2.93. The van der Waals surface area contributed by atoms with E-state index in [1.54, 1.807) is 39.5 Å². The Morgan fingerprint density at radius 3 is 2.24 bits per heavy atom. The summed E-state index contributed by atoms with van der Waals surface area (Å²) in [4.78, 5) is 16.8. The third kappa shape index (κ3) is 3.62. The number of hydrogen-bond donors (Lipinski definition) is 1. The monoisotopic (exact) mass is 344 g/mol. The largest absolute Gasteiger partial charge is 0.493 e. The van der Waals surface area contributed by atoms with E-state index in [1.165, 1.54) is 19.3 Å². The third-order valence-electron chi connectivity index (χ3n) is 4.70. The highest BCUT2D eigenvalue weighted by atomic mass is 16.5. The van der Waals surface area contributed by atoms with Crippen LogP contribution < -0.4 is 19.5 Å². The summed E-state index contributed by atoms with van der Waals surface area (Å²) in [6, 6.07) is 3.60. The Morgan fingerprint density at radius 2 is 1.68 bits per heavy atom. The SMILES string of the molecule is COc1cc(/C=C2/N=C(C3CCCCC3)NC2=O)cc(OC)c1OC. The van der Waals surface area contributed by atoms with E-state index in [4.69, 9.17) is 14.2 Å². The molecule has 0 atom stereocenters. The van der Waals surface area contributed by atoms with E-state index >= 15 is 0 Å². The summed E-state index contributed by atoms with van der Waals surface area (Å²) < 4.78 is 16.0. The topological polar surface area (TPSA) is 69.2 Å². The van der Waals surface area contributed by atoms with Gasteiger partial charge in [-0.1, -0.05) is 19.3 Å². The maximum absolute atomic E-state index is 12.3. The fraction of sp³-hybridized carbons (Fsp3) is 0.474. The molecule has 1 fully saturated rings. The highest BCUT2D eigenvalue weighted by molar-refractivity contribution is 6.15. The van der Waals surface area contributed by atoms with Gasteiger partial charge in [0.15, 0.2) is 11.5 Å². The maximum atomic E-state index is 12.3. The van der Waals surface area contributed by atoms with Gasteiger partial charge < -0.3 is 19.5 Å². The van der Waals surface area contributed by atoms with Crippen LogP contribution in [0.1, 0.15) is 37.7 Å². The van der Waals surface area contributed by atoms with Crippen molar-refractivity contribution in [2.45, 2.75) is 32.1 Å². The molecule has 1 heterocycles. The minimum absolute atomic E-state index is 0.158. The van der Waals surface area contributed by atoms with E-state index in [1.807, 2.05) is 0 Å². The minimum Gasteiger partial charge on any atom is -0.493 e. The van der Waals surface area contributed by atoms with Crippen molar-refractivity contribution in [3.63, 3.8) is 0 Å². The zero-order valence-electron chi connectivity index (χ0n) is 14.9. The number of hydrogen-bond acceptors (Lipinski definition) is 5. The molecule has 0 spiro atoms. The van der Waals surface area contributed by atoms with E-state index in [0.29, 0.717) is 28.9 Å². The number of rotatable bonds is 5.